The van der Waals surface area contributed by atoms with E-state index in [2.05, 4.69) is 16.0 Å². The highest BCUT2D eigenvalue weighted by Crippen LogP contribution is 2.23. The minimum atomic E-state index is 0.00313. The van der Waals surface area contributed by atoms with Gasteiger partial charge in [0.25, 0.3) is 0 Å². The van der Waals surface area contributed by atoms with E-state index in [9.17, 15) is 10.1 Å². The van der Waals surface area contributed by atoms with Gasteiger partial charge in [0.05, 0.1) is 11.6 Å². The highest BCUT2D eigenvalue weighted by molar-refractivity contribution is 5.74. The molecule has 6 heteroatoms. The molecule has 1 fully saturated rings. The van der Waals surface area contributed by atoms with Crippen molar-refractivity contribution in [2.45, 2.75) is 18.9 Å². The van der Waals surface area contributed by atoms with Gasteiger partial charge in [0.15, 0.2) is 0 Å². The van der Waals surface area contributed by atoms with E-state index in [0.717, 1.165) is 25.2 Å². The van der Waals surface area contributed by atoms with Crippen molar-refractivity contribution < 1.29 is 4.79 Å². The molecule has 1 saturated heterocycles. The summed E-state index contributed by atoms with van der Waals surface area (Å²) in [6, 6.07) is 5.88. The van der Waals surface area contributed by atoms with Gasteiger partial charge in [-0.05, 0) is 25.0 Å². The van der Waals surface area contributed by atoms with Crippen LogP contribution in [0.15, 0.2) is 18.3 Å². The SMILES string of the molecule is CN(C)C(=O)N(C)C1CCCN(c2ncccc2C#N)C1. The minimum Gasteiger partial charge on any atom is -0.353 e. The molecule has 0 N–H and O–H groups in total. The van der Waals surface area contributed by atoms with Crippen LogP contribution in [0, 0.1) is 11.3 Å². The molecule has 1 aliphatic rings. The van der Waals surface area contributed by atoms with E-state index in [4.69, 9.17) is 0 Å². The lowest BCUT2D eigenvalue weighted by atomic mass is 10.0. The van der Waals surface area contributed by atoms with E-state index >= 15 is 0 Å². The first-order chi connectivity index (χ1) is 10.0. The van der Waals surface area contributed by atoms with Gasteiger partial charge >= 0.3 is 6.03 Å². The lowest BCUT2D eigenvalue weighted by Gasteiger charge is -2.39. The topological polar surface area (TPSA) is 63.5 Å². The molecule has 0 aromatic carbocycles. The Morgan fingerprint density at radius 1 is 1.48 bits per heavy atom. The molecule has 112 valence electrons. The van der Waals surface area contributed by atoms with Crippen molar-refractivity contribution in [1.82, 2.24) is 14.8 Å². The molecule has 0 bridgehead atoms. The van der Waals surface area contributed by atoms with E-state index in [0.29, 0.717) is 12.1 Å². The van der Waals surface area contributed by atoms with Crippen LogP contribution in [-0.2, 0) is 0 Å². The molecular weight excluding hydrogens is 266 g/mol. The van der Waals surface area contributed by atoms with Crippen LogP contribution in [0.25, 0.3) is 0 Å². The molecule has 0 saturated carbocycles. The van der Waals surface area contributed by atoms with Crippen LogP contribution in [0.2, 0.25) is 0 Å². The molecule has 1 unspecified atom stereocenters. The van der Waals surface area contributed by atoms with E-state index in [1.807, 2.05) is 7.05 Å². The van der Waals surface area contributed by atoms with Gasteiger partial charge in [0, 0.05) is 40.4 Å². The minimum absolute atomic E-state index is 0.00313. The summed E-state index contributed by atoms with van der Waals surface area (Å²) in [6.45, 7) is 1.58. The largest absolute Gasteiger partial charge is 0.353 e. The van der Waals surface area contributed by atoms with Gasteiger partial charge in [-0.25, -0.2) is 9.78 Å². The zero-order chi connectivity index (χ0) is 15.4. The Labute approximate surface area is 125 Å². The second kappa shape index (κ2) is 6.44. The Hall–Kier alpha value is -2.29. The zero-order valence-corrected chi connectivity index (χ0v) is 12.8. The number of carbonyl (C=O) groups is 1. The van der Waals surface area contributed by atoms with Gasteiger partial charge in [-0.2, -0.15) is 5.26 Å². The molecule has 2 rings (SSSR count). The van der Waals surface area contributed by atoms with Crippen molar-refractivity contribution in [3.63, 3.8) is 0 Å². The van der Waals surface area contributed by atoms with Crippen LogP contribution in [0.3, 0.4) is 0 Å². The molecule has 6 nitrogen and oxygen atoms in total. The summed E-state index contributed by atoms with van der Waals surface area (Å²) >= 11 is 0. The lowest BCUT2D eigenvalue weighted by Crippen LogP contribution is -2.51. The van der Waals surface area contributed by atoms with Gasteiger partial charge in [-0.1, -0.05) is 0 Å². The molecule has 0 spiro atoms. The number of amides is 2. The Balaban J connectivity index is 2.14. The van der Waals surface area contributed by atoms with Gasteiger partial charge in [-0.15, -0.1) is 0 Å². The number of piperidine rings is 1. The fourth-order valence-electron chi connectivity index (χ4n) is 2.67. The number of nitriles is 1. The maximum atomic E-state index is 12.1. The summed E-state index contributed by atoms with van der Waals surface area (Å²) in [5, 5.41) is 9.20. The summed E-state index contributed by atoms with van der Waals surface area (Å²) in [6.07, 6.45) is 3.66. The van der Waals surface area contributed by atoms with Gasteiger partial charge < -0.3 is 14.7 Å². The van der Waals surface area contributed by atoms with Crippen LogP contribution >= 0.6 is 0 Å². The number of hydrogen-bond acceptors (Lipinski definition) is 4. The van der Waals surface area contributed by atoms with Crippen LogP contribution in [0.5, 0.6) is 0 Å². The monoisotopic (exact) mass is 287 g/mol. The first-order valence-electron chi connectivity index (χ1n) is 7.08. The molecule has 0 aliphatic carbocycles. The van der Waals surface area contributed by atoms with Crippen molar-refractivity contribution in [2.24, 2.45) is 0 Å². The maximum Gasteiger partial charge on any atom is 0.319 e. The Bertz CT molecular complexity index is 551. The predicted octanol–water partition coefficient (Wildman–Crippen LogP) is 1.54. The summed E-state index contributed by atoms with van der Waals surface area (Å²) in [5.74, 6) is 0.718. The lowest BCUT2D eigenvalue weighted by molar-refractivity contribution is 0.157. The van der Waals surface area contributed by atoms with Gasteiger partial charge in [-0.3, -0.25) is 0 Å². The van der Waals surface area contributed by atoms with Crippen molar-refractivity contribution in [3.05, 3.63) is 23.9 Å². The van der Waals surface area contributed by atoms with Crippen molar-refractivity contribution in [2.75, 3.05) is 39.1 Å². The number of pyridine rings is 1. The highest BCUT2D eigenvalue weighted by atomic mass is 16.2. The fraction of sp³-hybridized carbons (Fsp3) is 0.533. The number of rotatable bonds is 2. The number of aromatic nitrogens is 1. The van der Waals surface area contributed by atoms with Crippen molar-refractivity contribution in [1.29, 1.82) is 5.26 Å². The first kappa shape index (κ1) is 15.1. The molecule has 1 aromatic heterocycles. The normalized spacial score (nSPS) is 18.0. The van der Waals surface area contributed by atoms with Crippen LogP contribution in [0.4, 0.5) is 10.6 Å². The zero-order valence-electron chi connectivity index (χ0n) is 12.8. The number of urea groups is 1. The molecule has 2 amide bonds. The molecule has 1 aliphatic heterocycles. The summed E-state index contributed by atoms with van der Waals surface area (Å²) in [7, 11) is 5.35. The summed E-state index contributed by atoms with van der Waals surface area (Å²) in [5.41, 5.74) is 0.583. The average Bonchev–Trinajstić information content (AvgIpc) is 2.53. The molecule has 0 radical (unpaired) electrons. The second-order valence-electron chi connectivity index (χ2n) is 5.52. The summed E-state index contributed by atoms with van der Waals surface area (Å²) in [4.78, 5) is 21.9. The number of hydrogen-bond donors (Lipinski definition) is 0. The molecular formula is C15H21N5O. The molecule has 1 aromatic rings. The summed E-state index contributed by atoms with van der Waals surface area (Å²) < 4.78 is 0. The van der Waals surface area contributed by atoms with E-state index in [1.54, 1.807) is 42.2 Å². The number of likely N-dealkylation sites (N-methyl/N-ethyl adjacent to an activating group) is 1. The highest BCUT2D eigenvalue weighted by Gasteiger charge is 2.28. The Morgan fingerprint density at radius 3 is 2.90 bits per heavy atom. The van der Waals surface area contributed by atoms with Crippen LogP contribution in [0.1, 0.15) is 18.4 Å². The fourth-order valence-corrected chi connectivity index (χ4v) is 2.67. The number of nitrogens with zero attached hydrogens (tertiary/aromatic N) is 5. The second-order valence-corrected chi connectivity index (χ2v) is 5.52. The standard InChI is InChI=1S/C15H21N5O/c1-18(2)15(21)19(3)13-7-5-9-20(11-13)14-12(10-16)6-4-8-17-14/h4,6,8,13H,5,7,9,11H2,1-3H3. The number of carbonyl (C=O) groups excluding carboxylic acids is 1. The molecule has 2 heterocycles. The van der Waals surface area contributed by atoms with Crippen molar-refractivity contribution in [3.8, 4) is 6.07 Å². The molecule has 1 atom stereocenters. The van der Waals surface area contributed by atoms with Crippen LogP contribution in [-0.4, -0.2) is 61.1 Å². The smallest absolute Gasteiger partial charge is 0.319 e. The Kier molecular flexibility index (Phi) is 4.63. The van der Waals surface area contributed by atoms with E-state index in [-0.39, 0.29) is 12.1 Å². The average molecular weight is 287 g/mol. The first-order valence-corrected chi connectivity index (χ1v) is 7.08. The maximum absolute atomic E-state index is 12.1. The van der Waals surface area contributed by atoms with E-state index in [1.165, 1.54) is 0 Å². The Morgan fingerprint density at radius 2 is 2.24 bits per heavy atom. The van der Waals surface area contributed by atoms with Gasteiger partial charge in [0.1, 0.15) is 11.9 Å². The predicted molar refractivity (Wildman–Crippen MR) is 81.0 cm³/mol. The van der Waals surface area contributed by atoms with Crippen molar-refractivity contribution >= 4 is 11.8 Å². The molecule has 21 heavy (non-hydrogen) atoms. The third-order valence-electron chi connectivity index (χ3n) is 3.84. The van der Waals surface area contributed by atoms with E-state index < -0.39 is 0 Å². The third kappa shape index (κ3) is 3.24. The number of anilines is 1. The van der Waals surface area contributed by atoms with Crippen LogP contribution < -0.4 is 4.90 Å². The third-order valence-corrected chi connectivity index (χ3v) is 3.84. The van der Waals surface area contributed by atoms with Gasteiger partial charge in [0.2, 0.25) is 0 Å². The quantitative estimate of drug-likeness (QED) is 0.827.